The second-order valence-corrected chi connectivity index (χ2v) is 13.5. The Morgan fingerprint density at radius 3 is 2.55 bits per heavy atom. The molecule has 1 aromatic heterocycles. The summed E-state index contributed by atoms with van der Waals surface area (Å²) in [6.07, 6.45) is 1.80. The quantitative estimate of drug-likeness (QED) is 0.145. The number of thiazole rings is 1. The minimum absolute atomic E-state index is 0.215. The van der Waals surface area contributed by atoms with Gasteiger partial charge in [0.25, 0.3) is 5.56 Å². The number of carbonyl (C=O) groups excluding carboxylic acids is 1. The van der Waals surface area contributed by atoms with Crippen LogP contribution in [0.1, 0.15) is 42.1 Å². The van der Waals surface area contributed by atoms with E-state index in [1.807, 2.05) is 49.4 Å². The van der Waals surface area contributed by atoms with Gasteiger partial charge in [-0.1, -0.05) is 86.4 Å². The minimum Gasteiger partial charge on any atom is -0.487 e. The highest BCUT2D eigenvalue weighted by Gasteiger charge is 2.33. The van der Waals surface area contributed by atoms with E-state index < -0.39 is 12.0 Å². The van der Waals surface area contributed by atoms with E-state index in [1.54, 1.807) is 36.6 Å². The Morgan fingerprint density at radius 2 is 1.86 bits per heavy atom. The molecule has 1 aliphatic heterocycles. The average Bonchev–Trinajstić information content (AvgIpc) is 3.24. The molecule has 0 amide bonds. The molecule has 216 valence electrons. The smallest absolute Gasteiger partial charge is 0.338 e. The second-order valence-electron chi connectivity index (χ2n) is 9.56. The van der Waals surface area contributed by atoms with Crippen molar-refractivity contribution in [3.63, 3.8) is 0 Å². The molecule has 4 aromatic rings. The minimum atomic E-state index is -0.670. The van der Waals surface area contributed by atoms with Gasteiger partial charge >= 0.3 is 5.97 Å². The van der Waals surface area contributed by atoms with Crippen molar-refractivity contribution >= 4 is 85.1 Å². The van der Waals surface area contributed by atoms with Crippen LogP contribution >= 0.6 is 73.1 Å². The van der Waals surface area contributed by atoms with Gasteiger partial charge in [-0.05, 0) is 84.8 Å². The van der Waals surface area contributed by atoms with Crippen molar-refractivity contribution < 1.29 is 14.3 Å². The van der Waals surface area contributed by atoms with Gasteiger partial charge in [0.15, 0.2) is 4.80 Å². The number of hydrogen-bond acceptors (Lipinski definition) is 6. The van der Waals surface area contributed by atoms with Gasteiger partial charge in [-0.2, -0.15) is 0 Å². The van der Waals surface area contributed by atoms with Gasteiger partial charge in [0.1, 0.15) is 12.4 Å². The molecule has 0 unspecified atom stereocenters. The molecule has 0 fully saturated rings. The Bertz CT molecular complexity index is 1920. The maximum Gasteiger partial charge on any atom is 0.338 e. The molecule has 2 heterocycles. The van der Waals surface area contributed by atoms with E-state index in [2.05, 4.69) is 43.5 Å². The molecule has 0 spiro atoms. The van der Waals surface area contributed by atoms with Crippen LogP contribution in [0.25, 0.3) is 6.08 Å². The lowest BCUT2D eigenvalue weighted by atomic mass is 9.95. The number of rotatable bonds is 7. The van der Waals surface area contributed by atoms with Crippen LogP contribution in [0.4, 0.5) is 0 Å². The number of nitrogens with zero attached hydrogens (tertiary/aromatic N) is 2. The first kappa shape index (κ1) is 31.0. The second kappa shape index (κ2) is 13.1. The summed E-state index contributed by atoms with van der Waals surface area (Å²) in [6, 6.07) is 16.3. The summed E-state index contributed by atoms with van der Waals surface area (Å²) in [5.74, 6) is 0.132. The molecule has 6 nitrogen and oxygen atoms in total. The van der Waals surface area contributed by atoms with Crippen LogP contribution in [0.2, 0.25) is 10.0 Å². The lowest BCUT2D eigenvalue weighted by molar-refractivity contribution is -0.139. The Hall–Kier alpha value is -2.44. The molecule has 0 saturated heterocycles. The number of allylic oxidation sites excluding steroid dienone is 1. The number of benzene rings is 3. The zero-order valence-electron chi connectivity index (χ0n) is 22.7. The van der Waals surface area contributed by atoms with E-state index in [0.717, 1.165) is 24.7 Å². The fraction of sp³-hybridized carbons (Fsp3) is 0.194. The SMILES string of the molecule is CCOC(=O)C1=C(C)N=c2s/c(=C\c3cc(Br)cc(I)c3OCc3ccc(Cl)c(Cl)c3)c(=O)n2[C@H]1c1ccc(C)cc1. The molecule has 0 bridgehead atoms. The van der Waals surface area contributed by atoms with Gasteiger partial charge in [-0.25, -0.2) is 9.79 Å². The third-order valence-electron chi connectivity index (χ3n) is 6.60. The summed E-state index contributed by atoms with van der Waals surface area (Å²) in [7, 11) is 0. The van der Waals surface area contributed by atoms with Gasteiger partial charge in [0.05, 0.1) is 42.1 Å². The van der Waals surface area contributed by atoms with Crippen molar-refractivity contribution in [2.75, 3.05) is 6.61 Å². The lowest BCUT2D eigenvalue weighted by Gasteiger charge is -2.24. The summed E-state index contributed by atoms with van der Waals surface area (Å²) in [4.78, 5) is 32.4. The predicted octanol–water partition coefficient (Wildman–Crippen LogP) is 7.36. The third-order valence-corrected chi connectivity index (χ3v) is 9.58. The van der Waals surface area contributed by atoms with E-state index >= 15 is 0 Å². The van der Waals surface area contributed by atoms with Crippen molar-refractivity contribution in [2.24, 2.45) is 4.99 Å². The van der Waals surface area contributed by atoms with Crippen LogP contribution in [0.15, 0.2) is 80.1 Å². The zero-order valence-corrected chi connectivity index (χ0v) is 28.8. The maximum absolute atomic E-state index is 14.1. The van der Waals surface area contributed by atoms with Crippen molar-refractivity contribution in [3.8, 4) is 5.75 Å². The summed E-state index contributed by atoms with van der Waals surface area (Å²) in [6.45, 7) is 5.99. The predicted molar refractivity (Wildman–Crippen MR) is 179 cm³/mol. The summed E-state index contributed by atoms with van der Waals surface area (Å²) < 4.78 is 15.4. The van der Waals surface area contributed by atoms with E-state index in [1.165, 1.54) is 11.3 Å². The lowest BCUT2D eigenvalue weighted by Crippen LogP contribution is -2.39. The van der Waals surface area contributed by atoms with E-state index in [4.69, 9.17) is 32.7 Å². The molecule has 0 radical (unpaired) electrons. The van der Waals surface area contributed by atoms with Gasteiger partial charge in [-0.3, -0.25) is 9.36 Å². The molecule has 3 aromatic carbocycles. The summed E-state index contributed by atoms with van der Waals surface area (Å²) >= 11 is 19.3. The van der Waals surface area contributed by atoms with Crippen molar-refractivity contribution in [1.82, 2.24) is 4.57 Å². The van der Waals surface area contributed by atoms with Crippen LogP contribution in [0, 0.1) is 10.5 Å². The third kappa shape index (κ3) is 6.40. The van der Waals surface area contributed by atoms with Crippen LogP contribution in [0.5, 0.6) is 5.75 Å². The van der Waals surface area contributed by atoms with E-state index in [9.17, 15) is 9.59 Å². The number of fused-ring (bicyclic) bond motifs is 1. The summed E-state index contributed by atoms with van der Waals surface area (Å²) in [5, 5.41) is 0.921. The molecule has 1 aliphatic rings. The Kier molecular flexibility index (Phi) is 9.63. The molecule has 0 N–H and O–H groups in total. The molecule has 0 saturated carbocycles. The zero-order chi connectivity index (χ0) is 30.1. The standard InChI is InChI=1S/C31H24BrCl2IN2O4S/c1-4-40-30(39)26-17(3)36-31-37(27(26)19-8-5-16(2)6-9-19)29(38)25(42-31)13-20-12-21(32)14-24(35)28(20)41-15-18-7-10-22(33)23(34)11-18/h5-14,27H,4,15H2,1-3H3/b25-13-/t27-/m0/s1. The van der Waals surface area contributed by atoms with Crippen molar-refractivity contribution in [2.45, 2.75) is 33.4 Å². The van der Waals surface area contributed by atoms with Gasteiger partial charge in [0.2, 0.25) is 0 Å². The number of halogens is 4. The molecule has 1 atom stereocenters. The number of aryl methyl sites for hydroxylation is 1. The first-order chi connectivity index (χ1) is 20.1. The number of hydrogen-bond donors (Lipinski definition) is 0. The Balaban J connectivity index is 1.63. The highest BCUT2D eigenvalue weighted by atomic mass is 127. The van der Waals surface area contributed by atoms with Gasteiger partial charge in [-0.15, -0.1) is 0 Å². The highest BCUT2D eigenvalue weighted by Crippen LogP contribution is 2.33. The largest absolute Gasteiger partial charge is 0.487 e. The molecule has 42 heavy (non-hydrogen) atoms. The Labute approximate surface area is 278 Å². The molecule has 5 rings (SSSR count). The van der Waals surface area contributed by atoms with Crippen molar-refractivity contribution in [1.29, 1.82) is 0 Å². The molecule has 11 heteroatoms. The topological polar surface area (TPSA) is 69.9 Å². The number of ether oxygens (including phenoxy) is 2. The van der Waals surface area contributed by atoms with Crippen LogP contribution < -0.4 is 19.6 Å². The highest BCUT2D eigenvalue weighted by molar-refractivity contribution is 14.1. The van der Waals surface area contributed by atoms with E-state index in [0.29, 0.717) is 42.0 Å². The van der Waals surface area contributed by atoms with E-state index in [-0.39, 0.29) is 18.8 Å². The molecular weight excluding hydrogens is 774 g/mol. The Morgan fingerprint density at radius 1 is 1.12 bits per heavy atom. The monoisotopic (exact) mass is 796 g/mol. The number of carbonyl (C=O) groups is 1. The summed E-state index contributed by atoms with van der Waals surface area (Å²) in [5.41, 5.74) is 4.05. The normalized spacial score (nSPS) is 14.9. The average molecular weight is 798 g/mol. The number of esters is 1. The van der Waals surface area contributed by atoms with Gasteiger partial charge in [0, 0.05) is 10.0 Å². The van der Waals surface area contributed by atoms with Crippen LogP contribution in [-0.2, 0) is 16.1 Å². The molecular formula is C31H24BrCl2IN2O4S. The van der Waals surface area contributed by atoms with Crippen molar-refractivity contribution in [3.05, 3.63) is 126 Å². The van der Waals surface area contributed by atoms with Gasteiger partial charge < -0.3 is 9.47 Å². The van der Waals surface area contributed by atoms with Crippen LogP contribution in [-0.4, -0.2) is 17.1 Å². The van der Waals surface area contributed by atoms with Crippen LogP contribution in [0.3, 0.4) is 0 Å². The number of aromatic nitrogens is 1. The first-order valence-electron chi connectivity index (χ1n) is 12.9. The fourth-order valence-electron chi connectivity index (χ4n) is 4.62. The first-order valence-corrected chi connectivity index (χ1v) is 16.3. The maximum atomic E-state index is 14.1. The molecule has 0 aliphatic carbocycles. The fourth-order valence-corrected chi connectivity index (χ4v) is 7.69.